The number of amides is 2. The van der Waals surface area contributed by atoms with Gasteiger partial charge in [0.25, 0.3) is 0 Å². The molecule has 8 nitrogen and oxygen atoms in total. The molecule has 2 heterocycles. The van der Waals surface area contributed by atoms with Gasteiger partial charge in [0.15, 0.2) is 11.6 Å². The Hall–Kier alpha value is -2.07. The summed E-state index contributed by atoms with van der Waals surface area (Å²) in [5, 5.41) is 19.8. The van der Waals surface area contributed by atoms with Crippen LogP contribution in [-0.2, 0) is 19.1 Å². The Morgan fingerprint density at radius 1 is 1.26 bits per heavy atom. The van der Waals surface area contributed by atoms with Crippen molar-refractivity contribution >= 4 is 33.7 Å². The Morgan fingerprint density at radius 2 is 1.94 bits per heavy atom. The van der Waals surface area contributed by atoms with Crippen molar-refractivity contribution in [3.05, 3.63) is 46.5 Å². The van der Waals surface area contributed by atoms with Crippen LogP contribution in [0.1, 0.15) is 44.8 Å². The number of halogens is 1. The summed E-state index contributed by atoms with van der Waals surface area (Å²) in [4.78, 5) is 39.3. The second-order valence-electron chi connectivity index (χ2n) is 7.85. The quantitative estimate of drug-likeness (QED) is 0.559. The lowest BCUT2D eigenvalue weighted by Gasteiger charge is -2.37. The lowest BCUT2D eigenvalue weighted by Crippen LogP contribution is -2.51. The first kappa shape index (κ1) is 23.6. The van der Waals surface area contributed by atoms with E-state index >= 15 is 0 Å². The third-order valence-electron chi connectivity index (χ3n) is 5.65. The fourth-order valence-electron chi connectivity index (χ4n) is 3.84. The molecule has 9 heteroatoms. The van der Waals surface area contributed by atoms with Gasteiger partial charge in [0.1, 0.15) is 12.2 Å². The van der Waals surface area contributed by atoms with Gasteiger partial charge >= 0.3 is 6.09 Å². The van der Waals surface area contributed by atoms with Crippen molar-refractivity contribution in [2.75, 3.05) is 6.61 Å². The van der Waals surface area contributed by atoms with Crippen molar-refractivity contribution in [2.45, 2.75) is 57.1 Å². The number of ketones is 1. The number of rotatable bonds is 7. The van der Waals surface area contributed by atoms with Gasteiger partial charge in [-0.25, -0.2) is 9.69 Å². The maximum absolute atomic E-state index is 13.2. The highest BCUT2D eigenvalue weighted by Crippen LogP contribution is 2.38. The van der Waals surface area contributed by atoms with Gasteiger partial charge in [-0.15, -0.1) is 0 Å². The number of cyclic esters (lactones) is 1. The third kappa shape index (κ3) is 4.74. The van der Waals surface area contributed by atoms with Crippen LogP contribution in [0.25, 0.3) is 0 Å². The maximum Gasteiger partial charge on any atom is 0.417 e. The number of hydrogen-bond acceptors (Lipinski definition) is 7. The molecule has 2 N–H and O–H groups in total. The zero-order valence-electron chi connectivity index (χ0n) is 17.4. The van der Waals surface area contributed by atoms with E-state index in [1.54, 1.807) is 6.92 Å². The van der Waals surface area contributed by atoms with Gasteiger partial charge in [-0.3, -0.25) is 9.59 Å². The largest absolute Gasteiger partial charge is 0.439 e. The number of aliphatic hydroxyl groups is 2. The van der Waals surface area contributed by atoms with Crippen LogP contribution in [-0.4, -0.2) is 57.4 Å². The fourth-order valence-corrected chi connectivity index (χ4v) is 4.36. The molecule has 0 unspecified atom stereocenters. The number of imide groups is 1. The van der Waals surface area contributed by atoms with Crippen LogP contribution in [0.15, 0.2) is 40.9 Å². The topological polar surface area (TPSA) is 113 Å². The van der Waals surface area contributed by atoms with Crippen LogP contribution in [0.4, 0.5) is 4.79 Å². The van der Waals surface area contributed by atoms with Crippen molar-refractivity contribution in [3.63, 3.8) is 0 Å². The minimum absolute atomic E-state index is 0.0355. The summed E-state index contributed by atoms with van der Waals surface area (Å²) in [6.45, 7) is 3.16. The number of hydrogen-bond donors (Lipinski definition) is 2. The first-order valence-electron chi connectivity index (χ1n) is 10.2. The molecular weight excluding hydrogens is 470 g/mol. The second-order valence-corrected chi connectivity index (χ2v) is 8.71. The minimum atomic E-state index is -1.79. The van der Waals surface area contributed by atoms with Gasteiger partial charge < -0.3 is 19.7 Å². The van der Waals surface area contributed by atoms with Crippen LogP contribution in [0.5, 0.6) is 0 Å². The van der Waals surface area contributed by atoms with Crippen LogP contribution in [0, 0.1) is 5.92 Å². The highest BCUT2D eigenvalue weighted by Gasteiger charge is 2.49. The van der Waals surface area contributed by atoms with E-state index in [4.69, 9.17) is 14.6 Å². The van der Waals surface area contributed by atoms with Gasteiger partial charge in [0.05, 0.1) is 16.4 Å². The lowest BCUT2D eigenvalue weighted by molar-refractivity contribution is -0.217. The number of carbonyl (C=O) groups excluding carboxylic acids is 3. The molecule has 1 saturated heterocycles. The molecule has 2 aliphatic heterocycles. The van der Waals surface area contributed by atoms with E-state index in [0.29, 0.717) is 12.8 Å². The number of benzene rings is 1. The van der Waals surface area contributed by atoms with Gasteiger partial charge in [-0.2, -0.15) is 0 Å². The SMILES string of the molecule is C[C@@H]1[C@H](c2ccccc2)OC(=O)N1C(=O)[C@H](C)[C@@H]1O[C@@](O)(CCCCO)C(Br)=CC1=O. The molecule has 3 rings (SSSR count). The average Bonchev–Trinajstić information content (AvgIpc) is 3.05. The highest BCUT2D eigenvalue weighted by molar-refractivity contribution is 9.11. The van der Waals surface area contributed by atoms with Gasteiger partial charge in [0, 0.05) is 13.0 Å². The Labute approximate surface area is 188 Å². The van der Waals surface area contributed by atoms with Crippen molar-refractivity contribution in [2.24, 2.45) is 5.92 Å². The zero-order valence-corrected chi connectivity index (χ0v) is 18.9. The van der Waals surface area contributed by atoms with Crippen LogP contribution in [0.3, 0.4) is 0 Å². The molecular formula is C22H26BrNO7. The van der Waals surface area contributed by atoms with E-state index in [2.05, 4.69) is 15.9 Å². The predicted molar refractivity (Wildman–Crippen MR) is 114 cm³/mol. The molecule has 0 spiro atoms. The van der Waals surface area contributed by atoms with Crippen molar-refractivity contribution in [1.82, 2.24) is 4.90 Å². The molecule has 2 amide bonds. The molecule has 0 saturated carbocycles. The molecule has 1 aromatic carbocycles. The molecule has 2 aliphatic rings. The van der Waals surface area contributed by atoms with E-state index in [1.165, 1.54) is 13.0 Å². The Bertz CT molecular complexity index is 874. The highest BCUT2D eigenvalue weighted by atomic mass is 79.9. The number of ether oxygens (including phenoxy) is 2. The average molecular weight is 496 g/mol. The summed E-state index contributed by atoms with van der Waals surface area (Å²) < 4.78 is 11.3. The van der Waals surface area contributed by atoms with E-state index in [0.717, 1.165) is 10.5 Å². The minimum Gasteiger partial charge on any atom is -0.439 e. The Morgan fingerprint density at radius 3 is 2.58 bits per heavy atom. The van der Waals surface area contributed by atoms with Gasteiger partial charge in [-0.05, 0) is 47.3 Å². The molecule has 0 aromatic heterocycles. The fraction of sp³-hybridized carbons (Fsp3) is 0.500. The molecule has 5 atom stereocenters. The first-order valence-corrected chi connectivity index (χ1v) is 11.0. The molecule has 1 aromatic rings. The van der Waals surface area contributed by atoms with Crippen molar-refractivity contribution < 1.29 is 34.1 Å². The van der Waals surface area contributed by atoms with Gasteiger partial charge in [0.2, 0.25) is 5.91 Å². The molecule has 0 radical (unpaired) electrons. The normalized spacial score (nSPS) is 29.5. The monoisotopic (exact) mass is 495 g/mol. The summed E-state index contributed by atoms with van der Waals surface area (Å²) in [6.07, 6.45) is -0.412. The van der Waals surface area contributed by atoms with E-state index < -0.39 is 47.7 Å². The Kier molecular flexibility index (Phi) is 7.31. The third-order valence-corrected chi connectivity index (χ3v) is 6.50. The zero-order chi connectivity index (χ0) is 22.8. The molecule has 1 fully saturated rings. The molecule has 0 aliphatic carbocycles. The summed E-state index contributed by atoms with van der Waals surface area (Å²) >= 11 is 3.17. The summed E-state index contributed by atoms with van der Waals surface area (Å²) in [7, 11) is 0. The van der Waals surface area contributed by atoms with E-state index in [9.17, 15) is 19.5 Å². The Balaban J connectivity index is 1.77. The number of aliphatic hydroxyl groups excluding tert-OH is 1. The molecule has 0 bridgehead atoms. The summed E-state index contributed by atoms with van der Waals surface area (Å²) in [6, 6.07) is 8.53. The maximum atomic E-state index is 13.2. The van der Waals surface area contributed by atoms with Crippen LogP contribution >= 0.6 is 15.9 Å². The smallest absolute Gasteiger partial charge is 0.417 e. The van der Waals surface area contributed by atoms with Crippen molar-refractivity contribution in [3.8, 4) is 0 Å². The lowest BCUT2D eigenvalue weighted by atomic mass is 9.93. The summed E-state index contributed by atoms with van der Waals surface area (Å²) in [5.74, 6) is -3.91. The predicted octanol–water partition coefficient (Wildman–Crippen LogP) is 2.83. The number of unbranched alkanes of at least 4 members (excludes halogenated alkanes) is 1. The van der Waals surface area contributed by atoms with Crippen LogP contribution < -0.4 is 0 Å². The molecule has 31 heavy (non-hydrogen) atoms. The van der Waals surface area contributed by atoms with Crippen LogP contribution in [0.2, 0.25) is 0 Å². The van der Waals surface area contributed by atoms with Gasteiger partial charge in [-0.1, -0.05) is 37.3 Å². The summed E-state index contributed by atoms with van der Waals surface area (Å²) in [5.41, 5.74) is 0.765. The number of nitrogens with zero attached hydrogens (tertiary/aromatic N) is 1. The van der Waals surface area contributed by atoms with E-state index in [1.807, 2.05) is 30.3 Å². The molecule has 168 valence electrons. The first-order chi connectivity index (χ1) is 14.7. The second kappa shape index (κ2) is 9.60. The standard InChI is InChI=1S/C22H26BrNO7/c1-13(18-16(26)12-17(23)22(29,31-18)10-6-7-11-25)20(27)24-14(2)19(30-21(24)28)15-8-4-3-5-9-15/h3-5,8-9,12-14,18-19,25,29H,6-7,10-11H2,1-2H3/t13-,14-,18+,19-,22+/m1/s1. The number of carbonyl (C=O) groups is 3. The van der Waals surface area contributed by atoms with Crippen molar-refractivity contribution in [1.29, 1.82) is 0 Å². The van der Waals surface area contributed by atoms with E-state index in [-0.39, 0.29) is 17.5 Å².